The van der Waals surface area contributed by atoms with Gasteiger partial charge in [-0.1, -0.05) is 25.2 Å². The number of aromatic nitrogens is 2. The Balaban J connectivity index is 1.87. The van der Waals surface area contributed by atoms with Gasteiger partial charge in [0.1, 0.15) is 5.01 Å². The van der Waals surface area contributed by atoms with Crippen LogP contribution in [0.25, 0.3) is 0 Å². The number of sulfonamides is 1. The standard InChI is InChI=1S/C17H22N4O3S2/c1-11(2)9-16(22)21-8-4-5-13-10-14(6-7-15(13)21)26(23,24)20-17-19-18-12(3)25-17/h6-7,10-11H,4-5,8-9H2,1-3H3,(H,19,20). The molecular formula is C17H22N4O3S2. The zero-order chi connectivity index (χ0) is 18.9. The summed E-state index contributed by atoms with van der Waals surface area (Å²) in [7, 11) is -3.74. The van der Waals surface area contributed by atoms with E-state index in [1.54, 1.807) is 24.0 Å². The van der Waals surface area contributed by atoms with Crippen molar-refractivity contribution in [1.29, 1.82) is 0 Å². The van der Waals surface area contributed by atoms with Gasteiger partial charge in [-0.05, 0) is 49.4 Å². The van der Waals surface area contributed by atoms with Gasteiger partial charge in [-0.3, -0.25) is 9.52 Å². The average molecular weight is 395 g/mol. The van der Waals surface area contributed by atoms with Crippen LogP contribution in [0.2, 0.25) is 0 Å². The SMILES string of the molecule is Cc1nnc(NS(=O)(=O)c2ccc3c(c2)CCCN3C(=O)CC(C)C)s1. The highest BCUT2D eigenvalue weighted by Crippen LogP contribution is 2.31. The first kappa shape index (κ1) is 18.8. The second-order valence-electron chi connectivity index (χ2n) is 6.77. The predicted octanol–water partition coefficient (Wildman–Crippen LogP) is 2.97. The Bertz CT molecular complexity index is 922. The summed E-state index contributed by atoms with van der Waals surface area (Å²) in [5.41, 5.74) is 1.69. The van der Waals surface area contributed by atoms with Crippen molar-refractivity contribution in [3.63, 3.8) is 0 Å². The van der Waals surface area contributed by atoms with E-state index in [1.165, 1.54) is 17.4 Å². The quantitative estimate of drug-likeness (QED) is 0.842. The summed E-state index contributed by atoms with van der Waals surface area (Å²) in [6, 6.07) is 4.92. The van der Waals surface area contributed by atoms with Crippen LogP contribution in [0, 0.1) is 12.8 Å². The molecule has 0 bridgehead atoms. The van der Waals surface area contributed by atoms with Crippen molar-refractivity contribution in [3.8, 4) is 0 Å². The summed E-state index contributed by atoms with van der Waals surface area (Å²) in [6.07, 6.45) is 2.06. The van der Waals surface area contributed by atoms with E-state index in [9.17, 15) is 13.2 Å². The summed E-state index contributed by atoms with van der Waals surface area (Å²) in [5.74, 6) is 0.367. The zero-order valence-corrected chi connectivity index (χ0v) is 16.7. The molecule has 1 N–H and O–H groups in total. The van der Waals surface area contributed by atoms with Gasteiger partial charge in [-0.2, -0.15) is 0 Å². The minimum absolute atomic E-state index is 0.0824. The lowest BCUT2D eigenvalue weighted by molar-refractivity contribution is -0.119. The number of nitrogens with one attached hydrogen (secondary N) is 1. The summed E-state index contributed by atoms with van der Waals surface area (Å²) in [5, 5.41) is 8.55. The molecule has 1 aromatic carbocycles. The van der Waals surface area contributed by atoms with Gasteiger partial charge in [0.15, 0.2) is 0 Å². The first-order valence-electron chi connectivity index (χ1n) is 8.52. The van der Waals surface area contributed by atoms with Crippen LogP contribution in [0.4, 0.5) is 10.8 Å². The molecular weight excluding hydrogens is 372 g/mol. The van der Waals surface area contributed by atoms with E-state index in [4.69, 9.17) is 0 Å². The fourth-order valence-corrected chi connectivity index (χ4v) is 4.84. The number of hydrogen-bond donors (Lipinski definition) is 1. The van der Waals surface area contributed by atoms with Gasteiger partial charge in [-0.15, -0.1) is 10.2 Å². The van der Waals surface area contributed by atoms with Crippen LogP contribution >= 0.6 is 11.3 Å². The van der Waals surface area contributed by atoms with E-state index < -0.39 is 10.0 Å². The van der Waals surface area contributed by atoms with E-state index in [1.807, 2.05) is 13.8 Å². The summed E-state index contributed by atoms with van der Waals surface area (Å²) in [4.78, 5) is 14.4. The Morgan fingerprint density at radius 1 is 1.35 bits per heavy atom. The second-order valence-corrected chi connectivity index (χ2v) is 9.63. The lowest BCUT2D eigenvalue weighted by Gasteiger charge is -2.30. The van der Waals surface area contributed by atoms with Crippen molar-refractivity contribution in [2.45, 2.75) is 44.9 Å². The zero-order valence-electron chi connectivity index (χ0n) is 15.0. The summed E-state index contributed by atoms with van der Waals surface area (Å²) in [6.45, 7) is 6.46. The van der Waals surface area contributed by atoms with Crippen LogP contribution in [-0.4, -0.2) is 31.1 Å². The maximum absolute atomic E-state index is 12.6. The fourth-order valence-electron chi connectivity index (χ4n) is 2.97. The van der Waals surface area contributed by atoms with Gasteiger partial charge in [-0.25, -0.2) is 8.42 Å². The molecule has 2 aromatic rings. The van der Waals surface area contributed by atoms with Crippen molar-refractivity contribution < 1.29 is 13.2 Å². The highest BCUT2D eigenvalue weighted by Gasteiger charge is 2.25. The van der Waals surface area contributed by atoms with E-state index in [-0.39, 0.29) is 21.9 Å². The number of fused-ring (bicyclic) bond motifs is 1. The lowest BCUT2D eigenvalue weighted by atomic mass is 10.0. The van der Waals surface area contributed by atoms with Crippen LogP contribution in [-0.2, 0) is 21.2 Å². The van der Waals surface area contributed by atoms with Gasteiger partial charge >= 0.3 is 0 Å². The van der Waals surface area contributed by atoms with E-state index in [0.717, 1.165) is 24.1 Å². The molecule has 9 heteroatoms. The first-order valence-corrected chi connectivity index (χ1v) is 10.8. The number of hydrogen-bond acceptors (Lipinski definition) is 6. The minimum atomic E-state index is -3.74. The average Bonchev–Trinajstić information content (AvgIpc) is 2.97. The third-order valence-electron chi connectivity index (χ3n) is 4.11. The first-order chi connectivity index (χ1) is 12.3. The largest absolute Gasteiger partial charge is 0.312 e. The third-order valence-corrected chi connectivity index (χ3v) is 6.33. The molecule has 26 heavy (non-hydrogen) atoms. The summed E-state index contributed by atoms with van der Waals surface area (Å²) < 4.78 is 27.7. The highest BCUT2D eigenvalue weighted by atomic mass is 32.2. The molecule has 2 heterocycles. The Kier molecular flexibility index (Phi) is 5.29. The Hall–Kier alpha value is -2.00. The van der Waals surface area contributed by atoms with Crippen LogP contribution in [0.15, 0.2) is 23.1 Å². The molecule has 0 fully saturated rings. The smallest absolute Gasteiger partial charge is 0.263 e. The monoisotopic (exact) mass is 394 g/mol. The molecule has 0 radical (unpaired) electrons. The molecule has 0 atom stereocenters. The number of rotatable bonds is 5. The molecule has 1 aliphatic heterocycles. The van der Waals surface area contributed by atoms with Gasteiger partial charge in [0, 0.05) is 18.7 Å². The van der Waals surface area contributed by atoms with Crippen LogP contribution in [0.5, 0.6) is 0 Å². The van der Waals surface area contributed by atoms with E-state index in [0.29, 0.717) is 18.0 Å². The van der Waals surface area contributed by atoms with Crippen molar-refractivity contribution >= 4 is 38.1 Å². The molecule has 7 nitrogen and oxygen atoms in total. The van der Waals surface area contributed by atoms with Gasteiger partial charge in [0.25, 0.3) is 10.0 Å². The van der Waals surface area contributed by atoms with Gasteiger partial charge < -0.3 is 4.90 Å². The van der Waals surface area contributed by atoms with Crippen LogP contribution in [0.3, 0.4) is 0 Å². The van der Waals surface area contributed by atoms with Crippen molar-refractivity contribution in [1.82, 2.24) is 10.2 Å². The Morgan fingerprint density at radius 3 is 2.77 bits per heavy atom. The maximum Gasteiger partial charge on any atom is 0.263 e. The third kappa shape index (κ3) is 4.04. The topological polar surface area (TPSA) is 92.3 Å². The summed E-state index contributed by atoms with van der Waals surface area (Å²) >= 11 is 1.18. The van der Waals surface area contributed by atoms with Crippen molar-refractivity contribution in [2.24, 2.45) is 5.92 Å². The molecule has 0 unspecified atom stereocenters. The van der Waals surface area contributed by atoms with Crippen molar-refractivity contribution in [2.75, 3.05) is 16.2 Å². The van der Waals surface area contributed by atoms with Gasteiger partial charge in [0.2, 0.25) is 11.0 Å². The molecule has 1 aliphatic rings. The Morgan fingerprint density at radius 2 is 2.12 bits per heavy atom. The second kappa shape index (κ2) is 7.32. The molecule has 140 valence electrons. The van der Waals surface area contributed by atoms with E-state index >= 15 is 0 Å². The molecule has 1 amide bonds. The highest BCUT2D eigenvalue weighted by molar-refractivity contribution is 7.93. The van der Waals surface area contributed by atoms with Crippen LogP contribution in [0.1, 0.15) is 37.3 Å². The molecule has 3 rings (SSSR count). The van der Waals surface area contributed by atoms with Gasteiger partial charge in [0.05, 0.1) is 4.90 Å². The Labute approximate surface area is 157 Å². The number of aryl methyl sites for hydroxylation is 2. The molecule has 0 spiro atoms. The number of benzene rings is 1. The minimum Gasteiger partial charge on any atom is -0.312 e. The number of anilines is 2. The molecule has 0 saturated carbocycles. The number of amides is 1. The van der Waals surface area contributed by atoms with Crippen LogP contribution < -0.4 is 9.62 Å². The fraction of sp³-hybridized carbons (Fsp3) is 0.471. The lowest BCUT2D eigenvalue weighted by Crippen LogP contribution is -2.36. The number of carbonyl (C=O) groups is 1. The number of carbonyl (C=O) groups excluding carboxylic acids is 1. The normalized spacial score (nSPS) is 14.4. The molecule has 0 aliphatic carbocycles. The number of nitrogens with zero attached hydrogens (tertiary/aromatic N) is 3. The van der Waals surface area contributed by atoms with E-state index in [2.05, 4.69) is 14.9 Å². The maximum atomic E-state index is 12.6. The van der Waals surface area contributed by atoms with Crippen molar-refractivity contribution in [3.05, 3.63) is 28.8 Å². The molecule has 0 saturated heterocycles. The predicted molar refractivity (Wildman–Crippen MR) is 102 cm³/mol. The molecule has 1 aromatic heterocycles.